The van der Waals surface area contributed by atoms with Crippen LogP contribution in [0.25, 0.3) is 0 Å². The maximum Gasteiger partial charge on any atom is 0.146 e. The van der Waals surface area contributed by atoms with Gasteiger partial charge in [-0.15, -0.1) is 0 Å². The Kier molecular flexibility index (Phi) is 3.83. The normalized spacial score (nSPS) is 12.8. The van der Waals surface area contributed by atoms with Gasteiger partial charge in [0.25, 0.3) is 0 Å². The fraction of sp³-hybridized carbons (Fsp3) is 0.500. The van der Waals surface area contributed by atoms with E-state index in [1.165, 1.54) is 6.07 Å². The second kappa shape index (κ2) is 4.92. The zero-order valence-corrected chi connectivity index (χ0v) is 8.05. The molecule has 1 atom stereocenters. The molecule has 1 N–H and O–H groups in total. The van der Waals surface area contributed by atoms with Crippen LogP contribution in [0.3, 0.4) is 0 Å². The van der Waals surface area contributed by atoms with Crippen LogP contribution in [0.15, 0.2) is 18.3 Å². The number of halogens is 1. The number of hydrogen-bond acceptors (Lipinski definition) is 2. The number of nitrogens with zero attached hydrogens (tertiary/aromatic N) is 1. The SMILES string of the molecule is CCC(C)NCc1ncccc1F. The summed E-state index contributed by atoms with van der Waals surface area (Å²) in [7, 11) is 0. The van der Waals surface area contributed by atoms with Crippen LogP contribution in [-0.4, -0.2) is 11.0 Å². The van der Waals surface area contributed by atoms with E-state index in [1.807, 2.05) is 0 Å². The Balaban J connectivity index is 2.50. The molecular weight excluding hydrogens is 167 g/mol. The van der Waals surface area contributed by atoms with Crippen LogP contribution in [0, 0.1) is 5.82 Å². The summed E-state index contributed by atoms with van der Waals surface area (Å²) in [5, 5.41) is 3.19. The zero-order chi connectivity index (χ0) is 9.68. The van der Waals surface area contributed by atoms with E-state index in [9.17, 15) is 4.39 Å². The summed E-state index contributed by atoms with van der Waals surface area (Å²) < 4.78 is 13.0. The van der Waals surface area contributed by atoms with Gasteiger partial charge in [0, 0.05) is 18.8 Å². The van der Waals surface area contributed by atoms with Gasteiger partial charge in [-0.05, 0) is 25.5 Å². The quantitative estimate of drug-likeness (QED) is 0.771. The van der Waals surface area contributed by atoms with Crippen LogP contribution in [-0.2, 0) is 6.54 Å². The maximum atomic E-state index is 13.0. The molecule has 72 valence electrons. The molecule has 0 fully saturated rings. The summed E-state index contributed by atoms with van der Waals surface area (Å²) in [4.78, 5) is 3.95. The lowest BCUT2D eigenvalue weighted by Gasteiger charge is -2.10. The molecule has 1 aromatic rings. The molecule has 2 nitrogen and oxygen atoms in total. The van der Waals surface area contributed by atoms with Gasteiger partial charge in [-0.25, -0.2) is 4.39 Å². The van der Waals surface area contributed by atoms with E-state index >= 15 is 0 Å². The van der Waals surface area contributed by atoms with Crippen molar-refractivity contribution in [2.24, 2.45) is 0 Å². The maximum absolute atomic E-state index is 13.0. The molecule has 3 heteroatoms. The molecule has 0 saturated heterocycles. The van der Waals surface area contributed by atoms with Gasteiger partial charge >= 0.3 is 0 Å². The van der Waals surface area contributed by atoms with Crippen LogP contribution < -0.4 is 5.32 Å². The molecule has 0 aliphatic heterocycles. The van der Waals surface area contributed by atoms with Gasteiger partial charge in [-0.2, -0.15) is 0 Å². The fourth-order valence-electron chi connectivity index (χ4n) is 0.964. The highest BCUT2D eigenvalue weighted by molar-refractivity contribution is 5.06. The highest BCUT2D eigenvalue weighted by Crippen LogP contribution is 2.02. The highest BCUT2D eigenvalue weighted by Gasteiger charge is 2.03. The van der Waals surface area contributed by atoms with Gasteiger partial charge in [0.05, 0.1) is 5.69 Å². The van der Waals surface area contributed by atoms with Crippen molar-refractivity contribution >= 4 is 0 Å². The number of pyridine rings is 1. The average Bonchev–Trinajstić information content (AvgIpc) is 2.16. The summed E-state index contributed by atoms with van der Waals surface area (Å²) >= 11 is 0. The minimum Gasteiger partial charge on any atom is -0.309 e. The third-order valence-electron chi connectivity index (χ3n) is 2.07. The smallest absolute Gasteiger partial charge is 0.146 e. The second-order valence-corrected chi connectivity index (χ2v) is 3.12. The van der Waals surface area contributed by atoms with Crippen molar-refractivity contribution in [3.63, 3.8) is 0 Å². The Morgan fingerprint density at radius 3 is 3.00 bits per heavy atom. The van der Waals surface area contributed by atoms with Crippen molar-refractivity contribution in [1.29, 1.82) is 0 Å². The van der Waals surface area contributed by atoms with E-state index < -0.39 is 0 Å². The molecule has 0 aliphatic rings. The van der Waals surface area contributed by atoms with Gasteiger partial charge < -0.3 is 5.32 Å². The molecule has 0 radical (unpaired) electrons. The number of hydrogen-bond donors (Lipinski definition) is 1. The summed E-state index contributed by atoms with van der Waals surface area (Å²) in [6.07, 6.45) is 2.64. The van der Waals surface area contributed by atoms with E-state index in [-0.39, 0.29) is 5.82 Å². The van der Waals surface area contributed by atoms with E-state index in [0.717, 1.165) is 6.42 Å². The molecular formula is C10H15FN2. The third kappa shape index (κ3) is 3.11. The van der Waals surface area contributed by atoms with Crippen molar-refractivity contribution in [2.75, 3.05) is 0 Å². The molecule has 13 heavy (non-hydrogen) atoms. The van der Waals surface area contributed by atoms with Crippen LogP contribution in [0.5, 0.6) is 0 Å². The molecule has 1 rings (SSSR count). The monoisotopic (exact) mass is 182 g/mol. The molecule has 0 spiro atoms. The minimum absolute atomic E-state index is 0.238. The van der Waals surface area contributed by atoms with Crippen molar-refractivity contribution in [2.45, 2.75) is 32.9 Å². The van der Waals surface area contributed by atoms with E-state index in [1.54, 1.807) is 12.3 Å². The summed E-state index contributed by atoms with van der Waals surface area (Å²) in [5.74, 6) is -0.238. The summed E-state index contributed by atoms with van der Waals surface area (Å²) in [6.45, 7) is 4.66. The number of nitrogens with one attached hydrogen (secondary N) is 1. The lowest BCUT2D eigenvalue weighted by atomic mass is 10.2. The molecule has 1 unspecified atom stereocenters. The van der Waals surface area contributed by atoms with Gasteiger partial charge in [0.1, 0.15) is 5.82 Å². The van der Waals surface area contributed by atoms with Crippen molar-refractivity contribution in [3.8, 4) is 0 Å². The van der Waals surface area contributed by atoms with Gasteiger partial charge in [0.15, 0.2) is 0 Å². The standard InChI is InChI=1S/C10H15FN2/c1-3-8(2)13-7-10-9(11)5-4-6-12-10/h4-6,8,13H,3,7H2,1-2H3. The molecule has 0 aromatic carbocycles. The molecule has 1 aromatic heterocycles. The minimum atomic E-state index is -0.238. The van der Waals surface area contributed by atoms with Crippen LogP contribution in [0.4, 0.5) is 4.39 Å². The Labute approximate surface area is 78.2 Å². The first-order valence-electron chi connectivity index (χ1n) is 4.56. The molecule has 0 amide bonds. The molecule has 1 heterocycles. The van der Waals surface area contributed by atoms with E-state index in [4.69, 9.17) is 0 Å². The Morgan fingerprint density at radius 1 is 1.62 bits per heavy atom. The number of aromatic nitrogens is 1. The zero-order valence-electron chi connectivity index (χ0n) is 8.05. The lowest BCUT2D eigenvalue weighted by molar-refractivity contribution is 0.508. The topological polar surface area (TPSA) is 24.9 Å². The third-order valence-corrected chi connectivity index (χ3v) is 2.07. The van der Waals surface area contributed by atoms with Gasteiger partial charge in [0.2, 0.25) is 0 Å². The van der Waals surface area contributed by atoms with Crippen molar-refractivity contribution in [1.82, 2.24) is 10.3 Å². The first kappa shape index (κ1) is 10.1. The Bertz CT molecular complexity index is 263. The highest BCUT2D eigenvalue weighted by atomic mass is 19.1. The van der Waals surface area contributed by atoms with Gasteiger partial charge in [-0.1, -0.05) is 6.92 Å². The van der Waals surface area contributed by atoms with Crippen LogP contribution >= 0.6 is 0 Å². The Morgan fingerprint density at radius 2 is 2.38 bits per heavy atom. The molecule has 0 saturated carbocycles. The van der Waals surface area contributed by atoms with Gasteiger partial charge in [-0.3, -0.25) is 4.98 Å². The predicted octanol–water partition coefficient (Wildman–Crippen LogP) is 2.11. The van der Waals surface area contributed by atoms with Crippen LogP contribution in [0.1, 0.15) is 26.0 Å². The lowest BCUT2D eigenvalue weighted by Crippen LogP contribution is -2.25. The largest absolute Gasteiger partial charge is 0.309 e. The average molecular weight is 182 g/mol. The van der Waals surface area contributed by atoms with E-state index in [2.05, 4.69) is 24.1 Å². The first-order valence-corrected chi connectivity index (χ1v) is 4.56. The van der Waals surface area contributed by atoms with Crippen molar-refractivity contribution in [3.05, 3.63) is 29.8 Å². The molecule has 0 bridgehead atoms. The second-order valence-electron chi connectivity index (χ2n) is 3.12. The first-order chi connectivity index (χ1) is 6.24. The summed E-state index contributed by atoms with van der Waals surface area (Å²) in [6, 6.07) is 3.43. The van der Waals surface area contributed by atoms with Crippen LogP contribution in [0.2, 0.25) is 0 Å². The Hall–Kier alpha value is -0.960. The van der Waals surface area contributed by atoms with E-state index in [0.29, 0.717) is 18.3 Å². The fourth-order valence-corrected chi connectivity index (χ4v) is 0.964. The number of rotatable bonds is 4. The predicted molar refractivity (Wildman–Crippen MR) is 50.8 cm³/mol. The summed E-state index contributed by atoms with van der Waals surface area (Å²) in [5.41, 5.74) is 0.489. The van der Waals surface area contributed by atoms with Crippen molar-refractivity contribution < 1.29 is 4.39 Å². The molecule has 0 aliphatic carbocycles.